The summed E-state index contributed by atoms with van der Waals surface area (Å²) in [6.45, 7) is 3.14. The molecule has 1 fully saturated rings. The van der Waals surface area contributed by atoms with Crippen molar-refractivity contribution in [3.05, 3.63) is 101 Å². The highest BCUT2D eigenvalue weighted by Gasteiger charge is 2.22. The number of carbonyl (C=O) groups is 2. The monoisotopic (exact) mass is 526 g/mol. The lowest BCUT2D eigenvalue weighted by Crippen LogP contribution is -2.49. The highest BCUT2D eigenvalue weighted by atomic mass is 35.5. The molecule has 0 atom stereocenters. The minimum absolute atomic E-state index is 0.0633. The van der Waals surface area contributed by atoms with Gasteiger partial charge >= 0.3 is 0 Å². The van der Waals surface area contributed by atoms with Gasteiger partial charge in [-0.3, -0.25) is 14.5 Å². The summed E-state index contributed by atoms with van der Waals surface area (Å²) < 4.78 is 0. The van der Waals surface area contributed by atoms with Gasteiger partial charge in [-0.25, -0.2) is 10.4 Å². The lowest BCUT2D eigenvalue weighted by atomic mass is 10.1. The van der Waals surface area contributed by atoms with E-state index in [1.807, 2.05) is 48.5 Å². The molecule has 5 rings (SSSR count). The number of piperazine rings is 1. The van der Waals surface area contributed by atoms with Gasteiger partial charge in [0.15, 0.2) is 0 Å². The van der Waals surface area contributed by atoms with E-state index in [1.54, 1.807) is 42.6 Å². The molecule has 2 N–H and O–H groups in total. The number of fused-ring (bicyclic) bond motifs is 1. The van der Waals surface area contributed by atoms with Gasteiger partial charge in [0.05, 0.1) is 18.3 Å². The van der Waals surface area contributed by atoms with Gasteiger partial charge in [0.1, 0.15) is 5.82 Å². The van der Waals surface area contributed by atoms with Crippen LogP contribution in [0.1, 0.15) is 15.9 Å². The van der Waals surface area contributed by atoms with E-state index in [-0.39, 0.29) is 11.8 Å². The third-order valence-corrected chi connectivity index (χ3v) is 6.56. The number of aromatic nitrogens is 1. The van der Waals surface area contributed by atoms with Crippen molar-refractivity contribution in [3.8, 4) is 0 Å². The topological polar surface area (TPSA) is 89.9 Å². The Morgan fingerprint density at radius 2 is 1.63 bits per heavy atom. The molecule has 0 bridgehead atoms. The van der Waals surface area contributed by atoms with Crippen molar-refractivity contribution >= 4 is 52.0 Å². The summed E-state index contributed by atoms with van der Waals surface area (Å²) >= 11 is 5.92. The van der Waals surface area contributed by atoms with Gasteiger partial charge in [-0.1, -0.05) is 48.0 Å². The first-order chi connectivity index (χ1) is 18.5. The molecule has 8 nitrogen and oxygen atoms in total. The molecule has 0 radical (unpaired) electrons. The van der Waals surface area contributed by atoms with E-state index in [0.29, 0.717) is 43.3 Å². The van der Waals surface area contributed by atoms with Crippen LogP contribution in [0, 0.1) is 0 Å². The van der Waals surface area contributed by atoms with Crippen molar-refractivity contribution in [2.45, 2.75) is 0 Å². The SMILES string of the molecule is O=C(CN1CCN(c2nc3ccccc3cc2/C=N/NC(=O)c2ccccc2)CC1)Nc1ccc(Cl)cc1. The number of pyridine rings is 1. The number of hydrazone groups is 1. The Morgan fingerprint density at radius 1 is 0.921 bits per heavy atom. The van der Waals surface area contributed by atoms with E-state index >= 15 is 0 Å². The van der Waals surface area contributed by atoms with Crippen LogP contribution in [0.25, 0.3) is 10.9 Å². The van der Waals surface area contributed by atoms with E-state index < -0.39 is 0 Å². The van der Waals surface area contributed by atoms with Crippen LogP contribution in [0.15, 0.2) is 90.0 Å². The van der Waals surface area contributed by atoms with Crippen molar-refractivity contribution < 1.29 is 9.59 Å². The van der Waals surface area contributed by atoms with Crippen molar-refractivity contribution in [1.82, 2.24) is 15.3 Å². The summed E-state index contributed by atoms with van der Waals surface area (Å²) in [5.74, 6) is 0.459. The third-order valence-electron chi connectivity index (χ3n) is 6.31. The average Bonchev–Trinajstić information content (AvgIpc) is 2.95. The number of rotatable bonds is 7. The number of halogens is 1. The highest BCUT2D eigenvalue weighted by Crippen LogP contribution is 2.24. The van der Waals surface area contributed by atoms with Gasteiger partial charge < -0.3 is 10.2 Å². The summed E-state index contributed by atoms with van der Waals surface area (Å²) in [5.41, 5.74) is 5.56. The van der Waals surface area contributed by atoms with Gasteiger partial charge in [0, 0.05) is 53.4 Å². The third kappa shape index (κ3) is 6.34. The van der Waals surface area contributed by atoms with Gasteiger partial charge in [-0.2, -0.15) is 5.10 Å². The Bertz CT molecular complexity index is 1450. The summed E-state index contributed by atoms with van der Waals surface area (Å²) in [6.07, 6.45) is 1.64. The Labute approximate surface area is 225 Å². The molecule has 2 amide bonds. The molecule has 0 saturated carbocycles. The van der Waals surface area contributed by atoms with Crippen LogP contribution < -0.4 is 15.6 Å². The van der Waals surface area contributed by atoms with Crippen LogP contribution in [0.3, 0.4) is 0 Å². The van der Waals surface area contributed by atoms with Crippen molar-refractivity contribution in [3.63, 3.8) is 0 Å². The average molecular weight is 527 g/mol. The molecule has 9 heteroatoms. The van der Waals surface area contributed by atoms with Gasteiger partial charge in [-0.15, -0.1) is 0 Å². The Hall–Kier alpha value is -4.27. The lowest BCUT2D eigenvalue weighted by molar-refractivity contribution is -0.117. The Balaban J connectivity index is 1.25. The van der Waals surface area contributed by atoms with E-state index in [0.717, 1.165) is 28.0 Å². The van der Waals surface area contributed by atoms with E-state index in [1.165, 1.54) is 0 Å². The van der Waals surface area contributed by atoms with Gasteiger partial charge in [0.2, 0.25) is 5.91 Å². The predicted octanol–water partition coefficient (Wildman–Crippen LogP) is 4.41. The molecule has 1 aromatic heterocycles. The number of amides is 2. The van der Waals surface area contributed by atoms with Gasteiger partial charge in [0.25, 0.3) is 5.91 Å². The Morgan fingerprint density at radius 3 is 2.39 bits per heavy atom. The van der Waals surface area contributed by atoms with Crippen molar-refractivity contribution in [2.24, 2.45) is 5.10 Å². The Kier molecular flexibility index (Phi) is 7.92. The molecule has 38 heavy (non-hydrogen) atoms. The van der Waals surface area contributed by atoms with Crippen LogP contribution >= 0.6 is 11.6 Å². The maximum Gasteiger partial charge on any atom is 0.271 e. The second kappa shape index (κ2) is 11.9. The summed E-state index contributed by atoms with van der Waals surface area (Å²) in [6, 6.07) is 26.0. The summed E-state index contributed by atoms with van der Waals surface area (Å²) in [5, 5.41) is 8.75. The van der Waals surface area contributed by atoms with Crippen LogP contribution in [0.5, 0.6) is 0 Å². The molecule has 3 aromatic carbocycles. The van der Waals surface area contributed by atoms with Crippen molar-refractivity contribution in [2.75, 3.05) is 42.9 Å². The minimum Gasteiger partial charge on any atom is -0.353 e. The normalized spacial score (nSPS) is 14.1. The summed E-state index contributed by atoms with van der Waals surface area (Å²) in [4.78, 5) is 34.2. The smallest absolute Gasteiger partial charge is 0.271 e. The molecule has 192 valence electrons. The molecule has 4 aromatic rings. The molecular weight excluding hydrogens is 500 g/mol. The van der Waals surface area contributed by atoms with Gasteiger partial charge in [-0.05, 0) is 48.5 Å². The molecule has 0 spiro atoms. The van der Waals surface area contributed by atoms with E-state index in [2.05, 4.69) is 25.6 Å². The second-order valence-corrected chi connectivity index (χ2v) is 9.41. The molecule has 1 aliphatic heterocycles. The van der Waals surface area contributed by atoms with E-state index in [4.69, 9.17) is 16.6 Å². The fourth-order valence-electron chi connectivity index (χ4n) is 4.34. The molecule has 0 unspecified atom stereocenters. The maximum atomic E-state index is 12.5. The van der Waals surface area contributed by atoms with Crippen LogP contribution in [-0.4, -0.2) is 60.6 Å². The molecular formula is C29H27ClN6O2. The molecule has 0 aliphatic carbocycles. The largest absolute Gasteiger partial charge is 0.353 e. The first-order valence-electron chi connectivity index (χ1n) is 12.4. The number of anilines is 2. The van der Waals surface area contributed by atoms with Crippen LogP contribution in [0.4, 0.5) is 11.5 Å². The quantitative estimate of drug-likeness (QED) is 0.275. The maximum absolute atomic E-state index is 12.5. The first kappa shape index (κ1) is 25.4. The zero-order chi connectivity index (χ0) is 26.3. The molecule has 1 saturated heterocycles. The number of carbonyl (C=O) groups excluding carboxylic acids is 2. The number of hydrogen-bond donors (Lipinski definition) is 2. The molecule has 2 heterocycles. The van der Waals surface area contributed by atoms with E-state index in [9.17, 15) is 9.59 Å². The fraction of sp³-hybridized carbons (Fsp3) is 0.172. The lowest BCUT2D eigenvalue weighted by Gasteiger charge is -2.35. The minimum atomic E-state index is -0.275. The van der Waals surface area contributed by atoms with Crippen molar-refractivity contribution in [1.29, 1.82) is 0 Å². The number of nitrogens with zero attached hydrogens (tertiary/aromatic N) is 4. The standard InChI is InChI=1S/C29H27ClN6O2/c30-24-10-12-25(13-11-24)32-27(37)20-35-14-16-36(17-15-35)28-23(18-22-8-4-5-9-26(22)33-28)19-31-34-29(38)21-6-2-1-3-7-21/h1-13,18-19H,14-17,20H2,(H,32,37)(H,34,38)/b31-19+. The first-order valence-corrected chi connectivity index (χ1v) is 12.7. The van der Waals surface area contributed by atoms with Crippen LogP contribution in [0.2, 0.25) is 5.02 Å². The number of benzene rings is 3. The van der Waals surface area contributed by atoms with Crippen LogP contribution in [-0.2, 0) is 4.79 Å². The number of hydrogen-bond acceptors (Lipinski definition) is 6. The highest BCUT2D eigenvalue weighted by molar-refractivity contribution is 6.30. The molecule has 1 aliphatic rings. The summed E-state index contributed by atoms with van der Waals surface area (Å²) in [7, 11) is 0. The second-order valence-electron chi connectivity index (χ2n) is 8.98. The fourth-order valence-corrected chi connectivity index (χ4v) is 4.47. The number of nitrogens with one attached hydrogen (secondary N) is 2. The number of para-hydroxylation sites is 1. The predicted molar refractivity (Wildman–Crippen MR) is 152 cm³/mol. The zero-order valence-corrected chi connectivity index (χ0v) is 21.4. The zero-order valence-electron chi connectivity index (χ0n) is 20.7.